The van der Waals surface area contributed by atoms with E-state index in [9.17, 15) is 13.2 Å². The van der Waals surface area contributed by atoms with E-state index < -0.39 is 15.9 Å². The maximum Gasteiger partial charge on any atom is 0.282 e. The van der Waals surface area contributed by atoms with Gasteiger partial charge in [-0.2, -0.15) is 4.41 Å². The van der Waals surface area contributed by atoms with Gasteiger partial charge in [0.15, 0.2) is 0 Å². The molecule has 0 saturated carbocycles. The summed E-state index contributed by atoms with van der Waals surface area (Å²) in [5.74, 6) is -0.638. The third kappa shape index (κ3) is 2.82. The molecule has 6 nitrogen and oxygen atoms in total. The van der Waals surface area contributed by atoms with Gasteiger partial charge in [0.05, 0.1) is 6.26 Å². The molecule has 1 amide bonds. The number of pyridine rings is 1. The van der Waals surface area contributed by atoms with E-state index in [4.69, 9.17) is 0 Å². The number of benzene rings is 1. The van der Waals surface area contributed by atoms with Crippen LogP contribution >= 0.6 is 15.9 Å². The van der Waals surface area contributed by atoms with Crippen LogP contribution in [0.15, 0.2) is 35.1 Å². The van der Waals surface area contributed by atoms with Gasteiger partial charge >= 0.3 is 0 Å². The topological polar surface area (TPSA) is 79.4 Å². The summed E-state index contributed by atoms with van der Waals surface area (Å²) in [5.41, 5.74) is 2.64. The van der Waals surface area contributed by atoms with Gasteiger partial charge in [-0.3, -0.25) is 9.78 Å². The molecule has 0 radical (unpaired) electrons. The van der Waals surface area contributed by atoms with Crippen LogP contribution in [-0.4, -0.2) is 37.0 Å². The van der Waals surface area contributed by atoms with Crippen molar-refractivity contribution in [3.8, 4) is 0 Å². The molecule has 1 N–H and O–H groups in total. The van der Waals surface area contributed by atoms with Crippen LogP contribution in [0.4, 0.5) is 0 Å². The largest absolute Gasteiger partial charge is 0.282 e. The molecule has 0 aliphatic carbocycles. The van der Waals surface area contributed by atoms with Crippen molar-refractivity contribution in [2.45, 2.75) is 0 Å². The molecule has 0 spiro atoms. The highest BCUT2D eigenvalue weighted by molar-refractivity contribution is 9.10. The summed E-state index contributed by atoms with van der Waals surface area (Å²) < 4.78 is 24.4. The van der Waals surface area contributed by atoms with Gasteiger partial charge in [-0.05, 0) is 33.4 Å². The molecule has 1 heterocycles. The fraction of sp³-hybridized carbons (Fsp3) is 0.167. The van der Waals surface area contributed by atoms with Crippen molar-refractivity contribution in [1.82, 2.24) is 14.8 Å². The lowest BCUT2D eigenvalue weighted by Gasteiger charge is -2.18. The molecule has 20 heavy (non-hydrogen) atoms. The van der Waals surface area contributed by atoms with E-state index in [-0.39, 0.29) is 5.56 Å². The van der Waals surface area contributed by atoms with Crippen LogP contribution in [-0.2, 0) is 10.0 Å². The zero-order valence-corrected chi connectivity index (χ0v) is 13.2. The van der Waals surface area contributed by atoms with Gasteiger partial charge < -0.3 is 0 Å². The monoisotopic (exact) mass is 357 g/mol. The first kappa shape index (κ1) is 14.9. The fourth-order valence-electron chi connectivity index (χ4n) is 1.80. The predicted molar refractivity (Wildman–Crippen MR) is 79.5 cm³/mol. The first-order valence-corrected chi connectivity index (χ1v) is 8.24. The average molecular weight is 358 g/mol. The molecule has 1 aromatic heterocycles. The normalized spacial score (nSPS) is 11.6. The Balaban J connectivity index is 2.53. The van der Waals surface area contributed by atoms with Gasteiger partial charge in [-0.15, -0.1) is 0 Å². The first-order chi connectivity index (χ1) is 9.34. The summed E-state index contributed by atoms with van der Waals surface area (Å²) in [6.45, 7) is 0. The fourth-order valence-corrected chi connectivity index (χ4v) is 3.00. The van der Waals surface area contributed by atoms with E-state index in [2.05, 4.69) is 26.3 Å². The Morgan fingerprint density at radius 2 is 2.05 bits per heavy atom. The molecule has 2 aromatic rings. The zero-order valence-electron chi connectivity index (χ0n) is 10.8. The zero-order chi connectivity index (χ0) is 14.9. The van der Waals surface area contributed by atoms with E-state index in [1.165, 1.54) is 7.05 Å². The number of hydrogen-bond acceptors (Lipinski definition) is 5. The molecule has 0 unspecified atom stereocenters. The number of nitrogens with zero attached hydrogens (tertiary/aromatic N) is 2. The summed E-state index contributed by atoms with van der Waals surface area (Å²) in [5, 5.41) is 1.64. The van der Waals surface area contributed by atoms with Gasteiger partial charge in [0.2, 0.25) is 10.0 Å². The first-order valence-electron chi connectivity index (χ1n) is 5.60. The van der Waals surface area contributed by atoms with Crippen LogP contribution < -0.4 is 5.43 Å². The van der Waals surface area contributed by atoms with Crippen molar-refractivity contribution in [3.63, 3.8) is 0 Å². The number of halogens is 1. The standard InChI is InChI=1S/C12H12BrN3O3S/c1-14-16(20(2,18)19)12(17)8-3-4-9-6-15-7-11(13)10(9)5-8/h3-7,14H,1-2H3. The Morgan fingerprint density at radius 1 is 1.35 bits per heavy atom. The number of carbonyl (C=O) groups is 1. The second-order valence-electron chi connectivity index (χ2n) is 4.11. The Labute approximate surface area is 124 Å². The van der Waals surface area contributed by atoms with Crippen LogP contribution in [0.2, 0.25) is 0 Å². The highest BCUT2D eigenvalue weighted by Gasteiger charge is 2.23. The molecule has 8 heteroatoms. The molecule has 2 rings (SSSR count). The van der Waals surface area contributed by atoms with Crippen LogP contribution in [0.5, 0.6) is 0 Å². The summed E-state index contributed by atoms with van der Waals surface area (Å²) in [4.78, 5) is 16.3. The van der Waals surface area contributed by atoms with E-state index in [0.29, 0.717) is 4.41 Å². The Bertz CT molecular complexity index is 777. The molecule has 0 bridgehead atoms. The number of hydrazine groups is 1. The Kier molecular flexibility index (Phi) is 4.07. The highest BCUT2D eigenvalue weighted by Crippen LogP contribution is 2.24. The number of aromatic nitrogens is 1. The third-order valence-corrected chi connectivity index (χ3v) is 4.32. The maximum atomic E-state index is 12.2. The van der Waals surface area contributed by atoms with E-state index in [1.807, 2.05) is 0 Å². The van der Waals surface area contributed by atoms with Crippen LogP contribution in [0.3, 0.4) is 0 Å². The minimum atomic E-state index is -3.68. The van der Waals surface area contributed by atoms with Crippen LogP contribution in [0.1, 0.15) is 10.4 Å². The van der Waals surface area contributed by atoms with Gasteiger partial charge in [0.1, 0.15) is 0 Å². The van der Waals surface area contributed by atoms with Gasteiger partial charge in [0, 0.05) is 34.9 Å². The highest BCUT2D eigenvalue weighted by atomic mass is 79.9. The average Bonchev–Trinajstić information content (AvgIpc) is 2.38. The van der Waals surface area contributed by atoms with E-state index in [1.54, 1.807) is 30.6 Å². The lowest BCUT2D eigenvalue weighted by Crippen LogP contribution is -2.44. The number of nitrogens with one attached hydrogen (secondary N) is 1. The minimum absolute atomic E-state index is 0.268. The SMILES string of the molecule is CNN(C(=O)c1ccc2cncc(Br)c2c1)S(C)(=O)=O. The number of fused-ring (bicyclic) bond motifs is 1. The van der Waals surface area contributed by atoms with Gasteiger partial charge in [0.25, 0.3) is 5.91 Å². The molecule has 0 atom stereocenters. The number of sulfonamides is 1. The summed E-state index contributed by atoms with van der Waals surface area (Å²) >= 11 is 3.35. The van der Waals surface area contributed by atoms with Crippen molar-refractivity contribution in [2.75, 3.05) is 13.3 Å². The number of carbonyl (C=O) groups excluding carboxylic acids is 1. The van der Waals surface area contributed by atoms with Crippen molar-refractivity contribution < 1.29 is 13.2 Å². The van der Waals surface area contributed by atoms with Crippen molar-refractivity contribution >= 4 is 42.6 Å². The number of rotatable bonds is 3. The van der Waals surface area contributed by atoms with E-state index in [0.717, 1.165) is 21.5 Å². The molecular formula is C12H12BrN3O3S. The molecule has 0 aliphatic heterocycles. The van der Waals surface area contributed by atoms with E-state index >= 15 is 0 Å². The summed E-state index contributed by atoms with van der Waals surface area (Å²) in [7, 11) is -2.30. The van der Waals surface area contributed by atoms with Gasteiger partial charge in [-0.1, -0.05) is 6.07 Å². The Morgan fingerprint density at radius 3 is 2.65 bits per heavy atom. The Hall–Kier alpha value is -1.51. The molecule has 1 aromatic carbocycles. The molecule has 0 aliphatic rings. The van der Waals surface area contributed by atoms with Crippen LogP contribution in [0, 0.1) is 0 Å². The predicted octanol–water partition coefficient (Wildman–Crippen LogP) is 1.53. The summed E-state index contributed by atoms with van der Waals surface area (Å²) in [6, 6.07) is 4.91. The lowest BCUT2D eigenvalue weighted by molar-refractivity contribution is 0.0824. The van der Waals surface area contributed by atoms with Gasteiger partial charge in [-0.25, -0.2) is 13.8 Å². The summed E-state index contributed by atoms with van der Waals surface area (Å²) in [6.07, 6.45) is 4.24. The van der Waals surface area contributed by atoms with Crippen molar-refractivity contribution in [2.24, 2.45) is 0 Å². The third-order valence-electron chi connectivity index (χ3n) is 2.68. The number of hydrogen-bond donors (Lipinski definition) is 1. The maximum absolute atomic E-state index is 12.2. The second kappa shape index (κ2) is 5.47. The lowest BCUT2D eigenvalue weighted by atomic mass is 10.1. The quantitative estimate of drug-likeness (QED) is 0.842. The second-order valence-corrected chi connectivity index (χ2v) is 6.80. The molecule has 106 valence electrons. The molecule has 0 saturated heterocycles. The van der Waals surface area contributed by atoms with Crippen molar-refractivity contribution in [3.05, 3.63) is 40.6 Å². The molecule has 0 fully saturated rings. The minimum Gasteiger partial charge on any atom is -0.266 e. The van der Waals surface area contributed by atoms with Crippen LogP contribution in [0.25, 0.3) is 10.8 Å². The van der Waals surface area contributed by atoms with Crippen molar-refractivity contribution in [1.29, 1.82) is 0 Å². The smallest absolute Gasteiger partial charge is 0.266 e. The number of amides is 1. The molecular weight excluding hydrogens is 346 g/mol.